The summed E-state index contributed by atoms with van der Waals surface area (Å²) in [6, 6.07) is -1.02. The lowest BCUT2D eigenvalue weighted by Gasteiger charge is -2.22. The Labute approximate surface area is 148 Å². The predicted molar refractivity (Wildman–Crippen MR) is 94.3 cm³/mol. The van der Waals surface area contributed by atoms with Crippen molar-refractivity contribution in [2.75, 3.05) is 13.2 Å². The minimum absolute atomic E-state index is 0.245. The zero-order valence-corrected chi connectivity index (χ0v) is 15.7. The molecule has 0 aliphatic heterocycles. The number of urea groups is 1. The van der Waals surface area contributed by atoms with Crippen LogP contribution in [-0.2, 0) is 14.3 Å². The largest absolute Gasteiger partial charge is 0.465 e. The van der Waals surface area contributed by atoms with Gasteiger partial charge in [0.05, 0.1) is 12.6 Å². The van der Waals surface area contributed by atoms with Gasteiger partial charge < -0.3 is 20.1 Å². The number of nitrogens with zero attached hydrogens (tertiary/aromatic N) is 1. The zero-order chi connectivity index (χ0) is 19.3. The van der Waals surface area contributed by atoms with E-state index in [1.165, 1.54) is 6.21 Å². The monoisotopic (exact) mass is 358 g/mol. The second-order valence-corrected chi connectivity index (χ2v) is 6.27. The van der Waals surface area contributed by atoms with Crippen LogP contribution in [0.25, 0.3) is 0 Å². The van der Waals surface area contributed by atoms with Gasteiger partial charge in [-0.2, -0.15) is 5.10 Å². The van der Waals surface area contributed by atoms with E-state index in [4.69, 9.17) is 4.74 Å². The Morgan fingerprint density at radius 2 is 1.88 bits per heavy atom. The fraction of sp³-hybridized carbons (Fsp3) is 0.750. The summed E-state index contributed by atoms with van der Waals surface area (Å²) in [5, 5.41) is 8.79. The van der Waals surface area contributed by atoms with Crippen LogP contribution in [0.4, 0.5) is 9.59 Å². The highest BCUT2D eigenvalue weighted by Gasteiger charge is 2.18. The smallest absolute Gasteiger partial charge is 0.408 e. The Morgan fingerprint density at radius 3 is 2.44 bits per heavy atom. The van der Waals surface area contributed by atoms with Gasteiger partial charge in [-0.1, -0.05) is 19.8 Å². The predicted octanol–water partition coefficient (Wildman–Crippen LogP) is 1.92. The van der Waals surface area contributed by atoms with E-state index in [9.17, 15) is 14.4 Å². The van der Waals surface area contributed by atoms with Crippen molar-refractivity contribution >= 4 is 24.3 Å². The molecule has 0 aliphatic carbocycles. The summed E-state index contributed by atoms with van der Waals surface area (Å²) in [6.45, 7) is 9.03. The number of esters is 1. The molecule has 3 amide bonds. The summed E-state index contributed by atoms with van der Waals surface area (Å²) in [6.07, 6.45) is 3.36. The van der Waals surface area contributed by atoms with E-state index in [-0.39, 0.29) is 19.2 Å². The van der Waals surface area contributed by atoms with Gasteiger partial charge >= 0.3 is 18.1 Å². The van der Waals surface area contributed by atoms with Crippen molar-refractivity contribution in [2.24, 2.45) is 5.10 Å². The summed E-state index contributed by atoms with van der Waals surface area (Å²) in [5.74, 6) is -0.533. The Kier molecular flexibility index (Phi) is 11.0. The summed E-state index contributed by atoms with van der Waals surface area (Å²) < 4.78 is 9.88. The molecule has 0 aromatic heterocycles. The molecule has 25 heavy (non-hydrogen) atoms. The molecule has 9 heteroatoms. The number of carbonyl (C=O) groups is 3. The molecule has 0 aromatic carbocycles. The maximum absolute atomic E-state index is 11.8. The molecular formula is C16H30N4O5. The van der Waals surface area contributed by atoms with Crippen LogP contribution < -0.4 is 16.1 Å². The molecule has 0 aliphatic rings. The van der Waals surface area contributed by atoms with Gasteiger partial charge in [0.15, 0.2) is 0 Å². The topological polar surface area (TPSA) is 118 Å². The normalized spacial score (nSPS) is 12.4. The first kappa shape index (κ1) is 22.7. The van der Waals surface area contributed by atoms with Crippen molar-refractivity contribution in [1.29, 1.82) is 0 Å². The van der Waals surface area contributed by atoms with Gasteiger partial charge in [-0.15, -0.1) is 0 Å². The first-order chi connectivity index (χ1) is 11.7. The maximum atomic E-state index is 11.8. The van der Waals surface area contributed by atoms with Crippen LogP contribution in [0.3, 0.4) is 0 Å². The zero-order valence-electron chi connectivity index (χ0n) is 15.7. The highest BCUT2D eigenvalue weighted by atomic mass is 16.6. The molecule has 3 N–H and O–H groups in total. The molecule has 0 fully saturated rings. The highest BCUT2D eigenvalue weighted by molar-refractivity contribution is 5.81. The van der Waals surface area contributed by atoms with E-state index >= 15 is 0 Å². The molecule has 0 bridgehead atoms. The molecular weight excluding hydrogens is 328 g/mol. The van der Waals surface area contributed by atoms with Gasteiger partial charge in [-0.05, 0) is 34.1 Å². The maximum Gasteiger partial charge on any atom is 0.408 e. The SMILES string of the molecule is CCCC[C@@H](/C=N/NC(=O)NCC(=O)OCC)NC(=O)OC(C)(C)C. The Bertz CT molecular complexity index is 460. The van der Waals surface area contributed by atoms with Gasteiger partial charge in [0, 0.05) is 6.21 Å². The van der Waals surface area contributed by atoms with Crippen LogP contribution in [0.1, 0.15) is 53.9 Å². The average molecular weight is 358 g/mol. The standard InChI is InChI=1S/C16H30N4O5/c1-6-8-9-12(19-15(23)25-16(3,4)5)10-18-20-14(22)17-11-13(21)24-7-2/h10,12H,6-9,11H2,1-5H3,(H,19,23)(H2,17,20,22)/b18-10+/t12-/m0/s1. The molecule has 0 heterocycles. The van der Waals surface area contributed by atoms with Gasteiger partial charge in [0.1, 0.15) is 12.1 Å². The number of hydrogen-bond donors (Lipinski definition) is 3. The molecule has 0 spiro atoms. The number of rotatable bonds is 9. The van der Waals surface area contributed by atoms with Crippen molar-refractivity contribution in [1.82, 2.24) is 16.1 Å². The fourth-order valence-electron chi connectivity index (χ4n) is 1.66. The Morgan fingerprint density at radius 1 is 1.20 bits per heavy atom. The van der Waals surface area contributed by atoms with Crippen LogP contribution in [0, 0.1) is 0 Å². The number of alkyl carbamates (subject to hydrolysis) is 1. The van der Waals surface area contributed by atoms with Crippen LogP contribution in [0.5, 0.6) is 0 Å². The molecule has 144 valence electrons. The summed E-state index contributed by atoms with van der Waals surface area (Å²) >= 11 is 0. The number of carbonyl (C=O) groups excluding carboxylic acids is 3. The van der Waals surface area contributed by atoms with Gasteiger partial charge in [-0.25, -0.2) is 15.0 Å². The number of hydrazone groups is 1. The molecule has 0 saturated carbocycles. The van der Waals surface area contributed by atoms with E-state index < -0.39 is 23.7 Å². The van der Waals surface area contributed by atoms with Crippen molar-refractivity contribution in [3.05, 3.63) is 0 Å². The van der Waals surface area contributed by atoms with Crippen LogP contribution in [0.15, 0.2) is 5.10 Å². The van der Waals surface area contributed by atoms with Crippen molar-refractivity contribution in [3.63, 3.8) is 0 Å². The Balaban J connectivity index is 4.40. The van der Waals surface area contributed by atoms with E-state index in [0.717, 1.165) is 12.8 Å². The van der Waals surface area contributed by atoms with E-state index in [0.29, 0.717) is 6.42 Å². The molecule has 0 unspecified atom stereocenters. The molecule has 0 radical (unpaired) electrons. The molecule has 1 atom stereocenters. The number of ether oxygens (including phenoxy) is 2. The van der Waals surface area contributed by atoms with Gasteiger partial charge in [0.2, 0.25) is 0 Å². The number of hydrogen-bond acceptors (Lipinski definition) is 6. The van der Waals surface area contributed by atoms with Crippen LogP contribution in [0.2, 0.25) is 0 Å². The first-order valence-corrected chi connectivity index (χ1v) is 8.40. The van der Waals surface area contributed by atoms with E-state index in [1.807, 2.05) is 6.92 Å². The second kappa shape index (κ2) is 12.1. The average Bonchev–Trinajstić information content (AvgIpc) is 2.48. The number of unbranched alkanes of at least 4 members (excludes halogenated alkanes) is 1. The number of amides is 3. The number of nitrogens with one attached hydrogen (secondary N) is 3. The quantitative estimate of drug-likeness (QED) is 0.330. The third-order valence-corrected chi connectivity index (χ3v) is 2.69. The molecule has 0 saturated heterocycles. The minimum atomic E-state index is -0.643. The molecule has 9 nitrogen and oxygen atoms in total. The molecule has 0 rings (SSSR count). The van der Waals surface area contributed by atoms with Crippen LogP contribution in [-0.4, -0.2) is 49.1 Å². The van der Waals surface area contributed by atoms with Gasteiger partial charge in [-0.3, -0.25) is 4.79 Å². The van der Waals surface area contributed by atoms with Crippen molar-refractivity contribution < 1.29 is 23.9 Å². The van der Waals surface area contributed by atoms with Crippen LogP contribution >= 0.6 is 0 Å². The van der Waals surface area contributed by atoms with Crippen molar-refractivity contribution in [2.45, 2.75) is 65.5 Å². The molecule has 0 aromatic rings. The lowest BCUT2D eigenvalue weighted by atomic mass is 10.1. The summed E-state index contributed by atoms with van der Waals surface area (Å²) in [5.41, 5.74) is 1.63. The fourth-order valence-corrected chi connectivity index (χ4v) is 1.66. The second-order valence-electron chi connectivity index (χ2n) is 6.27. The van der Waals surface area contributed by atoms with E-state index in [1.54, 1.807) is 27.7 Å². The third-order valence-electron chi connectivity index (χ3n) is 2.69. The summed E-state index contributed by atoms with van der Waals surface area (Å²) in [7, 11) is 0. The lowest BCUT2D eigenvalue weighted by Crippen LogP contribution is -2.41. The Hall–Kier alpha value is -2.32. The lowest BCUT2D eigenvalue weighted by molar-refractivity contribution is -0.141. The van der Waals surface area contributed by atoms with Gasteiger partial charge in [0.25, 0.3) is 0 Å². The minimum Gasteiger partial charge on any atom is -0.465 e. The van der Waals surface area contributed by atoms with E-state index in [2.05, 4.69) is 25.9 Å². The highest BCUT2D eigenvalue weighted by Crippen LogP contribution is 2.07. The summed E-state index contributed by atoms with van der Waals surface area (Å²) in [4.78, 5) is 34.4. The third kappa shape index (κ3) is 13.8. The van der Waals surface area contributed by atoms with Crippen molar-refractivity contribution in [3.8, 4) is 0 Å². The first-order valence-electron chi connectivity index (χ1n) is 8.40.